The third-order valence-corrected chi connectivity index (χ3v) is 6.96. The zero-order valence-corrected chi connectivity index (χ0v) is 21.6. The fraction of sp³-hybridized carbons (Fsp3) is 0.0588. The highest BCUT2D eigenvalue weighted by atomic mass is 15.0. The van der Waals surface area contributed by atoms with Gasteiger partial charge in [0.1, 0.15) is 14.1 Å². The molecule has 182 valence electrons. The minimum atomic E-state index is 1.15. The Morgan fingerprint density at radius 3 is 1.08 bits per heavy atom. The van der Waals surface area contributed by atoms with Gasteiger partial charge in [0, 0.05) is 71.8 Å². The third-order valence-electron chi connectivity index (χ3n) is 6.96. The third kappa shape index (κ3) is 4.72. The summed E-state index contributed by atoms with van der Waals surface area (Å²) in [4.78, 5) is 0. The van der Waals surface area contributed by atoms with Gasteiger partial charge in [-0.3, -0.25) is 0 Å². The lowest BCUT2D eigenvalue weighted by molar-refractivity contribution is -0.689. The van der Waals surface area contributed by atoms with Crippen LogP contribution in [0.1, 0.15) is 0 Å². The topological polar surface area (TPSA) is 15.5 Å². The highest BCUT2D eigenvalue weighted by Gasteiger charge is 2.21. The molecule has 0 saturated heterocycles. The molecule has 0 aliphatic carbocycles. The molecule has 0 bridgehead atoms. The molecule has 0 spiro atoms. The monoisotopic (exact) mass is 494 g/mol. The second-order valence-electron chi connectivity index (χ2n) is 9.49. The summed E-state index contributed by atoms with van der Waals surface area (Å²) in [5, 5.41) is 0. The van der Waals surface area contributed by atoms with E-state index in [-0.39, 0.29) is 0 Å². The van der Waals surface area contributed by atoms with Gasteiger partial charge in [0.25, 0.3) is 11.4 Å². The maximum atomic E-state index is 2.20. The van der Waals surface area contributed by atoms with Crippen LogP contribution in [0.4, 0.5) is 0 Å². The van der Waals surface area contributed by atoms with Crippen molar-refractivity contribution >= 4 is 0 Å². The van der Waals surface area contributed by atoms with Crippen LogP contribution in [-0.2, 0) is 14.1 Å². The van der Waals surface area contributed by atoms with E-state index >= 15 is 0 Å². The van der Waals surface area contributed by atoms with Crippen molar-refractivity contribution in [2.24, 2.45) is 14.1 Å². The van der Waals surface area contributed by atoms with Gasteiger partial charge >= 0.3 is 0 Å². The molecule has 4 aromatic heterocycles. The summed E-state index contributed by atoms with van der Waals surface area (Å²) in [7, 11) is 4.22. The van der Waals surface area contributed by atoms with E-state index in [1.807, 2.05) is 12.1 Å². The van der Waals surface area contributed by atoms with Crippen LogP contribution in [0, 0.1) is 0 Å². The van der Waals surface area contributed by atoms with Crippen LogP contribution < -0.4 is 18.3 Å². The summed E-state index contributed by atoms with van der Waals surface area (Å²) < 4.78 is 8.67. The zero-order valence-electron chi connectivity index (χ0n) is 21.6. The molecule has 38 heavy (non-hydrogen) atoms. The van der Waals surface area contributed by atoms with E-state index in [1.54, 1.807) is 0 Å². The van der Waals surface area contributed by atoms with E-state index in [1.165, 1.54) is 22.3 Å². The molecule has 0 N–H and O–H groups in total. The summed E-state index contributed by atoms with van der Waals surface area (Å²) in [6.45, 7) is 0. The Morgan fingerprint density at radius 2 is 0.737 bits per heavy atom. The number of hydrogen-bond acceptors (Lipinski definition) is 0. The molecule has 0 unspecified atom stereocenters. The summed E-state index contributed by atoms with van der Waals surface area (Å²) >= 11 is 0. The normalized spacial score (nSPS) is 10.9. The average molecular weight is 495 g/mol. The van der Waals surface area contributed by atoms with Gasteiger partial charge in [-0.15, -0.1) is 0 Å². The molecule has 0 amide bonds. The maximum absolute atomic E-state index is 2.20. The van der Waals surface area contributed by atoms with Crippen LogP contribution in [0.25, 0.3) is 45.0 Å². The first-order valence-corrected chi connectivity index (χ1v) is 12.8. The van der Waals surface area contributed by atoms with Gasteiger partial charge < -0.3 is 0 Å². The van der Waals surface area contributed by atoms with Crippen molar-refractivity contribution in [2.75, 3.05) is 0 Å². The van der Waals surface area contributed by atoms with Gasteiger partial charge in [-0.2, -0.15) is 18.3 Å². The minimum Gasteiger partial charge on any atom is -0.195 e. The number of para-hydroxylation sites is 2. The summed E-state index contributed by atoms with van der Waals surface area (Å²) in [5.41, 5.74) is 9.38. The van der Waals surface area contributed by atoms with E-state index in [2.05, 4.69) is 167 Å². The maximum Gasteiger partial charge on any atom is 0.277 e. The van der Waals surface area contributed by atoms with Crippen molar-refractivity contribution in [3.05, 3.63) is 146 Å². The van der Waals surface area contributed by atoms with Crippen molar-refractivity contribution in [3.63, 3.8) is 0 Å². The van der Waals surface area contributed by atoms with Gasteiger partial charge in [-0.1, -0.05) is 36.4 Å². The molecular weight excluding hydrogens is 464 g/mol. The Labute approximate surface area is 223 Å². The van der Waals surface area contributed by atoms with Gasteiger partial charge in [0.15, 0.2) is 37.2 Å². The molecule has 0 fully saturated rings. The molecule has 4 heterocycles. The standard InChI is InChI=1S/C34H30N4/c1-35-25-29(27-17-21-37(22-18-27)31-9-5-3-6-10-31)13-15-33(35)34-16-14-30(26-36(34)2)28-19-23-38(24-20-28)32-11-7-4-8-12-32/h3-26H,1-2H3/q+4. The van der Waals surface area contributed by atoms with Gasteiger partial charge in [-0.05, 0) is 23.3 Å². The zero-order chi connectivity index (χ0) is 25.9. The molecule has 2 aromatic carbocycles. The Kier molecular flexibility index (Phi) is 6.29. The molecule has 0 atom stereocenters. The van der Waals surface area contributed by atoms with Crippen molar-refractivity contribution < 1.29 is 18.3 Å². The highest BCUT2D eigenvalue weighted by molar-refractivity contribution is 5.64. The summed E-state index contributed by atoms with van der Waals surface area (Å²) in [5.74, 6) is 0. The lowest BCUT2D eigenvalue weighted by Gasteiger charge is -2.05. The molecule has 4 nitrogen and oxygen atoms in total. The van der Waals surface area contributed by atoms with E-state index in [9.17, 15) is 0 Å². The number of hydrogen-bond donors (Lipinski definition) is 0. The molecule has 0 aliphatic heterocycles. The number of benzene rings is 2. The number of aryl methyl sites for hydroxylation is 2. The Balaban J connectivity index is 1.24. The van der Waals surface area contributed by atoms with E-state index in [0.717, 1.165) is 22.8 Å². The van der Waals surface area contributed by atoms with Crippen LogP contribution in [0.3, 0.4) is 0 Å². The first-order valence-electron chi connectivity index (χ1n) is 12.8. The Bertz CT molecular complexity index is 1560. The molecule has 6 rings (SSSR count). The average Bonchev–Trinajstić information content (AvgIpc) is 2.98. The molecule has 0 radical (unpaired) electrons. The van der Waals surface area contributed by atoms with Crippen LogP contribution in [-0.4, -0.2) is 0 Å². The fourth-order valence-corrected chi connectivity index (χ4v) is 4.87. The first-order chi connectivity index (χ1) is 18.7. The molecule has 0 saturated carbocycles. The largest absolute Gasteiger partial charge is 0.277 e. The van der Waals surface area contributed by atoms with Gasteiger partial charge in [0.05, 0.1) is 0 Å². The Hall–Kier alpha value is -4.96. The van der Waals surface area contributed by atoms with Crippen LogP contribution in [0.15, 0.2) is 146 Å². The number of nitrogens with zero attached hydrogens (tertiary/aromatic N) is 4. The fourth-order valence-electron chi connectivity index (χ4n) is 4.87. The van der Waals surface area contributed by atoms with Crippen LogP contribution in [0.5, 0.6) is 0 Å². The smallest absolute Gasteiger partial charge is 0.195 e. The van der Waals surface area contributed by atoms with E-state index in [4.69, 9.17) is 0 Å². The number of aromatic nitrogens is 4. The first kappa shape index (κ1) is 23.4. The van der Waals surface area contributed by atoms with E-state index < -0.39 is 0 Å². The lowest BCUT2D eigenvalue weighted by atomic mass is 10.1. The van der Waals surface area contributed by atoms with Crippen molar-refractivity contribution in [2.45, 2.75) is 0 Å². The van der Waals surface area contributed by atoms with Crippen LogP contribution in [0.2, 0.25) is 0 Å². The Morgan fingerprint density at radius 1 is 0.368 bits per heavy atom. The quantitative estimate of drug-likeness (QED) is 0.303. The molecule has 6 aromatic rings. The lowest BCUT2D eigenvalue weighted by Crippen LogP contribution is -2.38. The summed E-state index contributed by atoms with van der Waals surface area (Å²) in [6, 6.07) is 38.2. The van der Waals surface area contributed by atoms with Crippen LogP contribution >= 0.6 is 0 Å². The second kappa shape index (κ2) is 10.2. The minimum absolute atomic E-state index is 1.15. The summed E-state index contributed by atoms with van der Waals surface area (Å²) in [6.07, 6.45) is 12.9. The SMILES string of the molecule is C[n+]1cc(-c2cc[n+](-c3ccccc3)cc2)ccc1-c1ccc(-c2cc[n+](-c3ccccc3)cc2)c[n+]1C. The van der Waals surface area contributed by atoms with Gasteiger partial charge in [0.2, 0.25) is 11.4 Å². The van der Waals surface area contributed by atoms with Gasteiger partial charge in [-0.25, -0.2) is 0 Å². The predicted molar refractivity (Wildman–Crippen MR) is 148 cm³/mol. The molecule has 0 aliphatic rings. The second-order valence-corrected chi connectivity index (χ2v) is 9.49. The van der Waals surface area contributed by atoms with Crippen molar-refractivity contribution in [1.82, 2.24) is 0 Å². The number of pyridine rings is 4. The highest BCUT2D eigenvalue weighted by Crippen LogP contribution is 2.22. The molecule has 4 heteroatoms. The predicted octanol–water partition coefficient (Wildman–Crippen LogP) is 4.89. The van der Waals surface area contributed by atoms with E-state index in [0.29, 0.717) is 0 Å². The molecular formula is C34H30N4+4. The number of rotatable bonds is 5. The van der Waals surface area contributed by atoms with Crippen molar-refractivity contribution in [3.8, 4) is 45.0 Å². The van der Waals surface area contributed by atoms with Crippen molar-refractivity contribution in [1.29, 1.82) is 0 Å².